The van der Waals surface area contributed by atoms with E-state index in [0.717, 1.165) is 33.6 Å². The number of nitriles is 1. The molecule has 2 aromatic rings. The summed E-state index contributed by atoms with van der Waals surface area (Å²) in [7, 11) is 2.10. The third kappa shape index (κ3) is 4.70. The molecule has 25 heavy (non-hydrogen) atoms. The van der Waals surface area contributed by atoms with E-state index in [4.69, 9.17) is 21.9 Å². The third-order valence-electron chi connectivity index (χ3n) is 4.18. The van der Waals surface area contributed by atoms with Crippen LogP contribution in [0, 0.1) is 18.3 Å². The second-order valence-corrected chi connectivity index (χ2v) is 7.34. The van der Waals surface area contributed by atoms with Gasteiger partial charge in [-0.25, -0.2) is 4.99 Å². The molecule has 0 aliphatic carbocycles. The molecule has 1 saturated heterocycles. The zero-order valence-corrected chi connectivity index (χ0v) is 16.5. The van der Waals surface area contributed by atoms with Gasteiger partial charge in [0.2, 0.25) is 0 Å². The van der Waals surface area contributed by atoms with Crippen molar-refractivity contribution in [2.45, 2.75) is 19.4 Å². The Bertz CT molecular complexity index is 812. The molecule has 6 heteroatoms. The van der Waals surface area contributed by atoms with Gasteiger partial charge in [-0.3, -0.25) is 0 Å². The summed E-state index contributed by atoms with van der Waals surface area (Å²) in [4.78, 5) is 7.04. The van der Waals surface area contributed by atoms with Gasteiger partial charge in [-0.2, -0.15) is 5.26 Å². The molecule has 1 heterocycles. The van der Waals surface area contributed by atoms with Crippen LogP contribution < -0.4 is 0 Å². The van der Waals surface area contributed by atoms with E-state index in [0.29, 0.717) is 11.6 Å². The molecular weight excluding hydrogens is 373 g/mol. The van der Waals surface area contributed by atoms with Crippen LogP contribution in [0.25, 0.3) is 0 Å². The lowest BCUT2D eigenvalue weighted by Crippen LogP contribution is -2.31. The van der Waals surface area contributed by atoms with Crippen molar-refractivity contribution in [3.05, 3.63) is 64.2 Å². The summed E-state index contributed by atoms with van der Waals surface area (Å²) >= 11 is 7.73. The molecule has 3 rings (SSSR count). The van der Waals surface area contributed by atoms with Crippen molar-refractivity contribution in [3.63, 3.8) is 0 Å². The molecule has 1 aliphatic heterocycles. The highest BCUT2D eigenvalue weighted by molar-refractivity contribution is 8.14. The molecule has 1 fully saturated rings. The number of hydrogen-bond donors (Lipinski definition) is 0. The minimum atomic E-state index is 0. The molecule has 3 nitrogen and oxygen atoms in total. The lowest BCUT2D eigenvalue weighted by Gasteiger charge is -2.21. The normalized spacial score (nSPS) is 18.1. The Hall–Kier alpha value is -1.67. The summed E-state index contributed by atoms with van der Waals surface area (Å²) in [5, 5.41) is 10.8. The topological polar surface area (TPSA) is 39.4 Å². The number of aryl methyl sites for hydroxylation is 1. The van der Waals surface area contributed by atoms with E-state index in [9.17, 15) is 0 Å². The number of aliphatic imine (C=N–C) groups is 1. The quantitative estimate of drug-likeness (QED) is 0.719. The number of benzene rings is 2. The van der Waals surface area contributed by atoms with Gasteiger partial charge in [-0.1, -0.05) is 35.5 Å². The predicted octanol–water partition coefficient (Wildman–Crippen LogP) is 5.22. The first-order chi connectivity index (χ1) is 11.6. The number of thioether (sulfide) groups is 1. The van der Waals surface area contributed by atoms with Crippen molar-refractivity contribution >= 4 is 46.6 Å². The van der Waals surface area contributed by atoms with Gasteiger partial charge >= 0.3 is 0 Å². The van der Waals surface area contributed by atoms with Crippen LogP contribution in [0.1, 0.15) is 16.7 Å². The fourth-order valence-electron chi connectivity index (χ4n) is 2.69. The van der Waals surface area contributed by atoms with Crippen LogP contribution in [-0.4, -0.2) is 28.9 Å². The smallest absolute Gasteiger partial charge is 0.164 e. The van der Waals surface area contributed by atoms with Crippen LogP contribution in [0.2, 0.25) is 5.02 Å². The molecule has 0 bridgehead atoms. The molecule has 0 saturated carbocycles. The SMILES string of the molecule is Cc1cc(C#N)ccc1N=C1SC[C@H](Cc2ccc(Cl)cc2)N1C.Cl. The van der Waals surface area contributed by atoms with E-state index in [1.54, 1.807) is 11.8 Å². The summed E-state index contributed by atoms with van der Waals surface area (Å²) < 4.78 is 0. The van der Waals surface area contributed by atoms with E-state index >= 15 is 0 Å². The molecule has 0 aromatic heterocycles. The minimum Gasteiger partial charge on any atom is -0.350 e. The third-order valence-corrected chi connectivity index (χ3v) is 5.62. The molecule has 0 radical (unpaired) electrons. The lowest BCUT2D eigenvalue weighted by atomic mass is 10.1. The van der Waals surface area contributed by atoms with Crippen LogP contribution in [0.4, 0.5) is 5.69 Å². The van der Waals surface area contributed by atoms with Crippen LogP contribution in [0.15, 0.2) is 47.5 Å². The van der Waals surface area contributed by atoms with E-state index in [1.165, 1.54) is 5.56 Å². The van der Waals surface area contributed by atoms with Crippen molar-refractivity contribution in [1.29, 1.82) is 5.26 Å². The van der Waals surface area contributed by atoms with Gasteiger partial charge in [0, 0.05) is 23.9 Å². The Kier molecular flexibility index (Phi) is 6.78. The Labute approximate surface area is 164 Å². The highest BCUT2D eigenvalue weighted by Crippen LogP contribution is 2.29. The monoisotopic (exact) mass is 391 g/mol. The predicted molar refractivity (Wildman–Crippen MR) is 109 cm³/mol. The van der Waals surface area contributed by atoms with E-state index in [1.807, 2.05) is 37.3 Å². The average Bonchev–Trinajstić information content (AvgIpc) is 2.92. The fourth-order valence-corrected chi connectivity index (χ4v) is 4.02. The Morgan fingerprint density at radius 2 is 2.00 bits per heavy atom. The van der Waals surface area contributed by atoms with Crippen LogP contribution in [-0.2, 0) is 6.42 Å². The maximum atomic E-state index is 8.96. The summed E-state index contributed by atoms with van der Waals surface area (Å²) in [6, 6.07) is 16.2. The number of nitrogens with zero attached hydrogens (tertiary/aromatic N) is 3. The fraction of sp³-hybridized carbons (Fsp3) is 0.263. The van der Waals surface area contributed by atoms with Gasteiger partial charge in [0.05, 0.1) is 17.3 Å². The molecule has 0 spiro atoms. The average molecular weight is 392 g/mol. The van der Waals surface area contributed by atoms with Crippen LogP contribution in [0.5, 0.6) is 0 Å². The molecule has 0 N–H and O–H groups in total. The summed E-state index contributed by atoms with van der Waals surface area (Å²) in [5.41, 5.74) is 3.91. The number of amidine groups is 1. The molecule has 130 valence electrons. The number of likely N-dealkylation sites (N-methyl/N-ethyl adjacent to an activating group) is 1. The molecular formula is C19H19Cl2N3S. The molecule has 2 aromatic carbocycles. The Morgan fingerprint density at radius 3 is 2.64 bits per heavy atom. The Balaban J connectivity index is 0.00000225. The maximum absolute atomic E-state index is 8.96. The van der Waals surface area contributed by atoms with Gasteiger partial charge < -0.3 is 4.90 Å². The van der Waals surface area contributed by atoms with Crippen molar-refractivity contribution in [2.24, 2.45) is 4.99 Å². The van der Waals surface area contributed by atoms with Gasteiger partial charge in [0.1, 0.15) is 0 Å². The first-order valence-electron chi connectivity index (χ1n) is 7.76. The molecule has 1 atom stereocenters. The van der Waals surface area contributed by atoms with Crippen molar-refractivity contribution in [3.8, 4) is 6.07 Å². The van der Waals surface area contributed by atoms with Crippen LogP contribution >= 0.6 is 35.8 Å². The zero-order valence-electron chi connectivity index (χ0n) is 14.1. The van der Waals surface area contributed by atoms with E-state index in [2.05, 4.69) is 30.1 Å². The number of hydrogen-bond acceptors (Lipinski definition) is 3. The molecule has 0 unspecified atom stereocenters. The summed E-state index contributed by atoms with van der Waals surface area (Å²) in [6.07, 6.45) is 0.978. The second kappa shape index (κ2) is 8.62. The highest BCUT2D eigenvalue weighted by Gasteiger charge is 2.27. The van der Waals surface area contributed by atoms with E-state index in [-0.39, 0.29) is 12.4 Å². The Morgan fingerprint density at radius 1 is 1.28 bits per heavy atom. The second-order valence-electron chi connectivity index (χ2n) is 5.91. The highest BCUT2D eigenvalue weighted by atomic mass is 35.5. The first-order valence-corrected chi connectivity index (χ1v) is 9.12. The van der Waals surface area contributed by atoms with Crippen molar-refractivity contribution in [1.82, 2.24) is 4.90 Å². The maximum Gasteiger partial charge on any atom is 0.164 e. The van der Waals surface area contributed by atoms with Gasteiger partial charge in [0.25, 0.3) is 0 Å². The molecule has 1 aliphatic rings. The van der Waals surface area contributed by atoms with E-state index < -0.39 is 0 Å². The zero-order chi connectivity index (χ0) is 17.1. The van der Waals surface area contributed by atoms with Crippen molar-refractivity contribution in [2.75, 3.05) is 12.8 Å². The summed E-state index contributed by atoms with van der Waals surface area (Å²) in [5.74, 6) is 1.02. The van der Waals surface area contributed by atoms with Gasteiger partial charge in [-0.05, 0) is 54.8 Å². The van der Waals surface area contributed by atoms with Crippen LogP contribution in [0.3, 0.4) is 0 Å². The standard InChI is InChI=1S/C19H18ClN3S.ClH/c1-13-9-15(11-21)5-8-18(13)22-19-23(2)17(12-24-19)10-14-3-6-16(20)7-4-14;/h3-9,17H,10,12H2,1-2H3;1H/t17-;/m0./s1. The molecule has 0 amide bonds. The van der Waals surface area contributed by atoms with Gasteiger partial charge in [0.15, 0.2) is 5.17 Å². The largest absolute Gasteiger partial charge is 0.350 e. The first kappa shape index (κ1) is 19.7. The minimum absolute atomic E-state index is 0. The van der Waals surface area contributed by atoms with Crippen molar-refractivity contribution < 1.29 is 0 Å². The number of rotatable bonds is 3. The number of halogens is 2. The lowest BCUT2D eigenvalue weighted by molar-refractivity contribution is 0.412. The van der Waals surface area contributed by atoms with Gasteiger partial charge in [-0.15, -0.1) is 12.4 Å². The summed E-state index contributed by atoms with van der Waals surface area (Å²) in [6.45, 7) is 1.99.